The highest BCUT2D eigenvalue weighted by atomic mass is 16.5. The van der Waals surface area contributed by atoms with Gasteiger partial charge in [-0.25, -0.2) is 0 Å². The third-order valence-electron chi connectivity index (χ3n) is 7.84. The third kappa shape index (κ3) is 12.7. The van der Waals surface area contributed by atoms with Gasteiger partial charge >= 0.3 is 0 Å². The second-order valence-electron chi connectivity index (χ2n) is 11.2. The molecule has 0 aliphatic carbocycles. The van der Waals surface area contributed by atoms with Crippen LogP contribution in [0.5, 0.6) is 23.0 Å². The summed E-state index contributed by atoms with van der Waals surface area (Å²) in [5, 5.41) is 0. The molecule has 0 bridgehead atoms. The molecule has 4 heteroatoms. The van der Waals surface area contributed by atoms with Crippen LogP contribution in [-0.2, 0) is 6.42 Å². The van der Waals surface area contributed by atoms with Crippen LogP contribution in [0.4, 0.5) is 0 Å². The average Bonchev–Trinajstić information content (AvgIpc) is 2.95. The van der Waals surface area contributed by atoms with Crippen molar-refractivity contribution in [1.29, 1.82) is 0 Å². The fourth-order valence-corrected chi connectivity index (χ4v) is 4.91. The molecule has 0 atom stereocenters. The SMILES string of the molecule is CC/C(C)=C/CC/C(C)=C/CC/C(C)=C/CC/C(C)=C/CC/C(C)=C/Cc1c(C)c(OC)c(OC)c(OC)c1OC. The zero-order chi connectivity index (χ0) is 30.8. The molecule has 0 fully saturated rings. The summed E-state index contributed by atoms with van der Waals surface area (Å²) in [6, 6.07) is 0. The van der Waals surface area contributed by atoms with Crippen LogP contribution in [0.25, 0.3) is 0 Å². The number of ether oxygens (including phenoxy) is 4. The topological polar surface area (TPSA) is 36.9 Å². The Balaban J connectivity index is 2.60. The van der Waals surface area contributed by atoms with Gasteiger partial charge in [0.15, 0.2) is 11.5 Å². The highest BCUT2D eigenvalue weighted by Gasteiger charge is 2.24. The predicted octanol–water partition coefficient (Wildman–Crippen LogP) is 10.8. The zero-order valence-electron chi connectivity index (χ0n) is 28.1. The van der Waals surface area contributed by atoms with Crippen molar-refractivity contribution < 1.29 is 18.9 Å². The van der Waals surface area contributed by atoms with Crippen molar-refractivity contribution in [3.05, 3.63) is 69.4 Å². The van der Waals surface area contributed by atoms with Crippen molar-refractivity contribution in [2.45, 2.75) is 113 Å². The standard InChI is InChI=1S/C37H58O4/c1-12-27(2)17-13-18-28(3)19-14-20-29(4)21-15-22-30(5)23-16-24-31(6)25-26-33-32(7)34(38-8)36(40-10)37(41-11)35(33)39-9/h17,19,21,23,25H,12-16,18,20,22,24,26H2,1-11H3/b27-17+,28-19+,29-21+,30-23+,31-25+. The minimum absolute atomic E-state index is 0.562. The normalized spacial score (nSPS) is 13.5. The molecule has 1 aromatic carbocycles. The van der Waals surface area contributed by atoms with Gasteiger partial charge in [0.1, 0.15) is 0 Å². The van der Waals surface area contributed by atoms with Crippen LogP contribution in [0.3, 0.4) is 0 Å². The van der Waals surface area contributed by atoms with E-state index in [2.05, 4.69) is 71.9 Å². The quantitative estimate of drug-likeness (QED) is 0.156. The third-order valence-corrected chi connectivity index (χ3v) is 7.84. The summed E-state index contributed by atoms with van der Waals surface area (Å²) >= 11 is 0. The maximum absolute atomic E-state index is 5.74. The zero-order valence-corrected chi connectivity index (χ0v) is 28.1. The Bertz CT molecular complexity index is 1100. The number of rotatable bonds is 19. The number of hydrogen-bond acceptors (Lipinski definition) is 4. The van der Waals surface area contributed by atoms with Gasteiger partial charge in [-0.2, -0.15) is 0 Å². The van der Waals surface area contributed by atoms with Crippen LogP contribution < -0.4 is 18.9 Å². The van der Waals surface area contributed by atoms with Gasteiger partial charge < -0.3 is 18.9 Å². The summed E-state index contributed by atoms with van der Waals surface area (Å²) in [4.78, 5) is 0. The highest BCUT2D eigenvalue weighted by molar-refractivity contribution is 5.67. The number of hydrogen-bond donors (Lipinski definition) is 0. The lowest BCUT2D eigenvalue weighted by atomic mass is 9.99. The van der Waals surface area contributed by atoms with Gasteiger partial charge in [-0.05, 0) is 106 Å². The van der Waals surface area contributed by atoms with Gasteiger partial charge in [-0.1, -0.05) is 65.2 Å². The lowest BCUT2D eigenvalue weighted by Gasteiger charge is -2.21. The summed E-state index contributed by atoms with van der Waals surface area (Å²) in [5.74, 6) is 2.52. The fourth-order valence-electron chi connectivity index (χ4n) is 4.91. The molecule has 0 N–H and O–H groups in total. The first-order valence-corrected chi connectivity index (χ1v) is 15.3. The van der Waals surface area contributed by atoms with Crippen LogP contribution in [0.15, 0.2) is 58.2 Å². The maximum atomic E-state index is 5.74. The van der Waals surface area contributed by atoms with Crippen molar-refractivity contribution in [3.8, 4) is 23.0 Å². The number of allylic oxidation sites excluding steroid dienone is 10. The van der Waals surface area contributed by atoms with E-state index in [4.69, 9.17) is 18.9 Å². The predicted molar refractivity (Wildman–Crippen MR) is 177 cm³/mol. The minimum atomic E-state index is 0.562. The molecular formula is C37H58O4. The molecule has 1 rings (SSSR count). The molecule has 41 heavy (non-hydrogen) atoms. The van der Waals surface area contributed by atoms with E-state index < -0.39 is 0 Å². The number of methoxy groups -OCH3 is 4. The van der Waals surface area contributed by atoms with E-state index in [1.54, 1.807) is 28.4 Å². The Kier molecular flexibility index (Phi) is 17.7. The van der Waals surface area contributed by atoms with E-state index in [1.165, 1.54) is 40.7 Å². The fraction of sp³-hybridized carbons (Fsp3) is 0.568. The molecule has 0 aliphatic heterocycles. The van der Waals surface area contributed by atoms with Gasteiger partial charge in [0.2, 0.25) is 11.5 Å². The molecule has 1 aromatic rings. The maximum Gasteiger partial charge on any atom is 0.207 e. The van der Waals surface area contributed by atoms with E-state index in [-0.39, 0.29) is 0 Å². The summed E-state index contributed by atoms with van der Waals surface area (Å²) < 4.78 is 22.6. The summed E-state index contributed by atoms with van der Waals surface area (Å²) in [7, 11) is 6.56. The van der Waals surface area contributed by atoms with Gasteiger partial charge in [0.25, 0.3) is 0 Å². The average molecular weight is 567 g/mol. The van der Waals surface area contributed by atoms with Crippen molar-refractivity contribution in [1.82, 2.24) is 0 Å². The molecule has 0 saturated carbocycles. The van der Waals surface area contributed by atoms with Crippen LogP contribution in [-0.4, -0.2) is 28.4 Å². The molecule has 230 valence electrons. The number of benzene rings is 1. The van der Waals surface area contributed by atoms with Crippen molar-refractivity contribution in [2.24, 2.45) is 0 Å². The molecule has 0 heterocycles. The molecule has 0 unspecified atom stereocenters. The Morgan fingerprint density at radius 2 is 0.829 bits per heavy atom. The van der Waals surface area contributed by atoms with Crippen LogP contribution in [0.1, 0.15) is 110 Å². The minimum Gasteiger partial charge on any atom is -0.492 e. The first kappa shape index (κ1) is 36.1. The lowest BCUT2D eigenvalue weighted by Crippen LogP contribution is -2.04. The molecule has 0 saturated heterocycles. The van der Waals surface area contributed by atoms with E-state index in [9.17, 15) is 0 Å². The highest BCUT2D eigenvalue weighted by Crippen LogP contribution is 2.49. The van der Waals surface area contributed by atoms with Crippen LogP contribution in [0.2, 0.25) is 0 Å². The molecule has 4 nitrogen and oxygen atoms in total. The molecule has 0 aromatic heterocycles. The Morgan fingerprint density at radius 1 is 0.488 bits per heavy atom. The van der Waals surface area contributed by atoms with Gasteiger partial charge in [-0.15, -0.1) is 0 Å². The summed E-state index contributed by atoms with van der Waals surface area (Å²) in [6.45, 7) is 15.5. The van der Waals surface area contributed by atoms with Crippen molar-refractivity contribution in [2.75, 3.05) is 28.4 Å². The second-order valence-corrected chi connectivity index (χ2v) is 11.2. The van der Waals surface area contributed by atoms with E-state index in [0.29, 0.717) is 23.0 Å². The Labute approximate surface area is 252 Å². The van der Waals surface area contributed by atoms with E-state index in [1.807, 2.05) is 6.92 Å². The summed E-state index contributed by atoms with van der Waals surface area (Å²) in [6.07, 6.45) is 22.8. The molecule has 0 aliphatic rings. The molecule has 0 spiro atoms. The molecular weight excluding hydrogens is 508 g/mol. The van der Waals surface area contributed by atoms with Crippen LogP contribution >= 0.6 is 0 Å². The second kappa shape index (κ2) is 20.1. The molecule has 0 radical (unpaired) electrons. The Morgan fingerprint density at radius 3 is 1.20 bits per heavy atom. The van der Waals surface area contributed by atoms with Crippen molar-refractivity contribution >= 4 is 0 Å². The molecule has 0 amide bonds. The monoisotopic (exact) mass is 566 g/mol. The van der Waals surface area contributed by atoms with E-state index in [0.717, 1.165) is 62.5 Å². The lowest BCUT2D eigenvalue weighted by molar-refractivity contribution is 0.302. The van der Waals surface area contributed by atoms with Gasteiger partial charge in [0.05, 0.1) is 28.4 Å². The van der Waals surface area contributed by atoms with Crippen LogP contribution in [0, 0.1) is 6.92 Å². The summed E-state index contributed by atoms with van der Waals surface area (Å²) in [5.41, 5.74) is 9.40. The smallest absolute Gasteiger partial charge is 0.207 e. The Hall–Kier alpha value is -2.88. The van der Waals surface area contributed by atoms with Crippen molar-refractivity contribution in [3.63, 3.8) is 0 Å². The van der Waals surface area contributed by atoms with Gasteiger partial charge in [0, 0.05) is 11.1 Å². The first-order chi connectivity index (χ1) is 19.6. The largest absolute Gasteiger partial charge is 0.492 e. The van der Waals surface area contributed by atoms with Gasteiger partial charge in [-0.3, -0.25) is 0 Å². The first-order valence-electron chi connectivity index (χ1n) is 15.3. The van der Waals surface area contributed by atoms with E-state index >= 15 is 0 Å².